The molecule has 1 heterocycles. The van der Waals surface area contributed by atoms with E-state index >= 15 is 0 Å². The smallest absolute Gasteiger partial charge is 0.274 e. The average Bonchev–Trinajstić information content (AvgIpc) is 2.69. The van der Waals surface area contributed by atoms with E-state index in [0.29, 0.717) is 17.0 Å². The van der Waals surface area contributed by atoms with Crippen LogP contribution in [0, 0.1) is 0 Å². The number of nitrogens with zero attached hydrogens (tertiary/aromatic N) is 1. The van der Waals surface area contributed by atoms with Crippen LogP contribution in [0.1, 0.15) is 40.1 Å². The largest absolute Gasteiger partial charge is 0.482 e. The van der Waals surface area contributed by atoms with E-state index in [1.807, 2.05) is 19.9 Å². The topological polar surface area (TPSA) is 108 Å². The first-order valence-electron chi connectivity index (χ1n) is 8.80. The van der Waals surface area contributed by atoms with Crippen LogP contribution in [0.15, 0.2) is 42.5 Å². The summed E-state index contributed by atoms with van der Waals surface area (Å²) in [5, 5.41) is 11.7. The van der Waals surface area contributed by atoms with E-state index in [9.17, 15) is 14.4 Å². The van der Waals surface area contributed by atoms with Gasteiger partial charge >= 0.3 is 0 Å². The molecule has 2 aromatic carbocycles. The number of carbonyl (C=O) groups excluding carboxylic acids is 3. The van der Waals surface area contributed by atoms with E-state index in [1.165, 1.54) is 17.0 Å². The van der Waals surface area contributed by atoms with E-state index in [0.717, 1.165) is 5.56 Å². The molecule has 0 bridgehead atoms. The van der Waals surface area contributed by atoms with Crippen molar-refractivity contribution in [2.75, 3.05) is 11.5 Å². The predicted octanol–water partition coefficient (Wildman–Crippen LogP) is 1.87. The van der Waals surface area contributed by atoms with Gasteiger partial charge in [-0.3, -0.25) is 19.6 Å². The third kappa shape index (κ3) is 4.12. The minimum absolute atomic E-state index is 0.0138. The molecule has 8 nitrogen and oxygen atoms in total. The summed E-state index contributed by atoms with van der Waals surface area (Å²) in [6.07, 6.45) is 0. The van der Waals surface area contributed by atoms with Crippen LogP contribution < -0.4 is 20.4 Å². The second kappa shape index (κ2) is 8.10. The molecule has 3 amide bonds. The number of amides is 3. The Morgan fingerprint density at radius 1 is 1.14 bits per heavy atom. The average molecular weight is 383 g/mol. The predicted molar refractivity (Wildman–Crippen MR) is 101 cm³/mol. The number of hydrogen-bond donors (Lipinski definition) is 3. The van der Waals surface area contributed by atoms with E-state index < -0.39 is 5.91 Å². The lowest BCUT2D eigenvalue weighted by molar-refractivity contribution is -0.121. The third-order valence-electron chi connectivity index (χ3n) is 4.22. The van der Waals surface area contributed by atoms with Gasteiger partial charge in [-0.1, -0.05) is 12.1 Å². The van der Waals surface area contributed by atoms with E-state index in [2.05, 4.69) is 5.32 Å². The van der Waals surface area contributed by atoms with Gasteiger partial charge < -0.3 is 15.0 Å². The van der Waals surface area contributed by atoms with Crippen LogP contribution in [0.5, 0.6) is 5.75 Å². The van der Waals surface area contributed by atoms with Crippen LogP contribution in [-0.4, -0.2) is 35.6 Å². The summed E-state index contributed by atoms with van der Waals surface area (Å²) in [5.41, 5.74) is 3.45. The Morgan fingerprint density at radius 2 is 1.89 bits per heavy atom. The molecule has 2 aromatic rings. The molecule has 0 atom stereocenters. The highest BCUT2D eigenvalue weighted by Crippen LogP contribution is 2.34. The van der Waals surface area contributed by atoms with Crippen LogP contribution in [0.3, 0.4) is 0 Å². The van der Waals surface area contributed by atoms with Crippen molar-refractivity contribution in [2.24, 2.45) is 0 Å². The fraction of sp³-hybridized carbons (Fsp3) is 0.250. The van der Waals surface area contributed by atoms with Gasteiger partial charge in [-0.15, -0.1) is 0 Å². The Kier molecular flexibility index (Phi) is 5.60. The van der Waals surface area contributed by atoms with E-state index in [-0.39, 0.29) is 36.6 Å². The lowest BCUT2D eigenvalue weighted by Gasteiger charge is -2.30. The third-order valence-corrected chi connectivity index (χ3v) is 4.22. The van der Waals surface area contributed by atoms with Crippen LogP contribution >= 0.6 is 0 Å². The second-order valence-electron chi connectivity index (χ2n) is 6.72. The molecule has 0 unspecified atom stereocenters. The summed E-state index contributed by atoms with van der Waals surface area (Å²) in [4.78, 5) is 37.9. The van der Waals surface area contributed by atoms with Gasteiger partial charge in [-0.05, 0) is 49.7 Å². The normalized spacial score (nSPS) is 13.0. The molecule has 3 rings (SSSR count). The summed E-state index contributed by atoms with van der Waals surface area (Å²) in [6.45, 7) is 3.85. The lowest BCUT2D eigenvalue weighted by Crippen LogP contribution is -2.38. The highest BCUT2D eigenvalue weighted by molar-refractivity contribution is 6.01. The van der Waals surface area contributed by atoms with Crippen LogP contribution in [0.4, 0.5) is 5.69 Å². The van der Waals surface area contributed by atoms with Crippen LogP contribution in [0.25, 0.3) is 0 Å². The standard InChI is InChI=1S/C20H21N3O5/c1-12(2)21-19(25)14-5-3-4-13(8-14)10-23-16-9-15(20(26)22-27)6-7-17(16)28-11-18(23)24/h3-9,12,27H,10-11H2,1-2H3,(H,21,25)(H,22,26). The quantitative estimate of drug-likeness (QED) is 0.540. The van der Waals surface area contributed by atoms with Gasteiger partial charge in [0.2, 0.25) is 0 Å². The fourth-order valence-corrected chi connectivity index (χ4v) is 2.92. The molecule has 1 aliphatic rings. The zero-order valence-corrected chi connectivity index (χ0v) is 15.6. The van der Waals surface area contributed by atoms with Crippen molar-refractivity contribution in [3.63, 3.8) is 0 Å². The van der Waals surface area contributed by atoms with Gasteiger partial charge in [0, 0.05) is 17.2 Å². The van der Waals surface area contributed by atoms with Gasteiger partial charge in [-0.25, -0.2) is 5.48 Å². The minimum Gasteiger partial charge on any atom is -0.482 e. The summed E-state index contributed by atoms with van der Waals surface area (Å²) in [7, 11) is 0. The Hall–Kier alpha value is -3.39. The van der Waals surface area contributed by atoms with Crippen LogP contribution in [-0.2, 0) is 11.3 Å². The molecular weight excluding hydrogens is 362 g/mol. The van der Waals surface area contributed by atoms with Crippen molar-refractivity contribution in [3.8, 4) is 5.75 Å². The lowest BCUT2D eigenvalue weighted by atomic mass is 10.1. The Labute approximate surface area is 162 Å². The van der Waals surface area contributed by atoms with Crippen molar-refractivity contribution >= 4 is 23.4 Å². The summed E-state index contributed by atoms with van der Waals surface area (Å²) in [5.74, 6) is -0.686. The SMILES string of the molecule is CC(C)NC(=O)c1cccc(CN2C(=O)COc3ccc(C(=O)NO)cc32)c1. The maximum absolute atomic E-state index is 12.4. The molecule has 0 aromatic heterocycles. The first-order valence-corrected chi connectivity index (χ1v) is 8.80. The molecule has 0 aliphatic carbocycles. The first-order chi connectivity index (χ1) is 13.4. The van der Waals surface area contributed by atoms with Crippen LogP contribution in [0.2, 0.25) is 0 Å². The number of anilines is 1. The second-order valence-corrected chi connectivity index (χ2v) is 6.72. The van der Waals surface area contributed by atoms with Crippen molar-refractivity contribution in [1.29, 1.82) is 0 Å². The molecule has 28 heavy (non-hydrogen) atoms. The number of rotatable bonds is 5. The molecule has 0 radical (unpaired) electrons. The molecule has 146 valence electrons. The van der Waals surface area contributed by atoms with Crippen molar-refractivity contribution in [2.45, 2.75) is 26.4 Å². The highest BCUT2D eigenvalue weighted by atomic mass is 16.5. The number of nitrogens with one attached hydrogen (secondary N) is 2. The molecule has 0 fully saturated rings. The van der Waals surface area contributed by atoms with E-state index in [1.54, 1.807) is 29.7 Å². The minimum atomic E-state index is -0.687. The Morgan fingerprint density at radius 3 is 2.61 bits per heavy atom. The summed E-state index contributed by atoms with van der Waals surface area (Å²) >= 11 is 0. The maximum atomic E-state index is 12.4. The fourth-order valence-electron chi connectivity index (χ4n) is 2.92. The van der Waals surface area contributed by atoms with Crippen molar-refractivity contribution < 1.29 is 24.3 Å². The number of hydroxylamine groups is 1. The maximum Gasteiger partial charge on any atom is 0.274 e. The molecule has 3 N–H and O–H groups in total. The van der Waals surface area contributed by atoms with Gasteiger partial charge in [-0.2, -0.15) is 0 Å². The number of carbonyl (C=O) groups is 3. The number of ether oxygens (including phenoxy) is 1. The Bertz CT molecular complexity index is 926. The summed E-state index contributed by atoms with van der Waals surface area (Å²) in [6, 6.07) is 11.6. The van der Waals surface area contributed by atoms with Crippen molar-refractivity contribution in [1.82, 2.24) is 10.8 Å². The zero-order valence-electron chi connectivity index (χ0n) is 15.6. The number of fused-ring (bicyclic) bond motifs is 1. The molecule has 0 spiro atoms. The molecule has 1 aliphatic heterocycles. The highest BCUT2D eigenvalue weighted by Gasteiger charge is 2.27. The Balaban J connectivity index is 1.90. The molecule has 8 heteroatoms. The number of benzene rings is 2. The van der Waals surface area contributed by atoms with E-state index in [4.69, 9.17) is 9.94 Å². The van der Waals surface area contributed by atoms with Gasteiger partial charge in [0.05, 0.1) is 12.2 Å². The zero-order chi connectivity index (χ0) is 20.3. The first kappa shape index (κ1) is 19.4. The van der Waals surface area contributed by atoms with Gasteiger partial charge in [0.1, 0.15) is 5.75 Å². The van der Waals surface area contributed by atoms with Gasteiger partial charge in [0.15, 0.2) is 6.61 Å². The summed E-state index contributed by atoms with van der Waals surface area (Å²) < 4.78 is 5.43. The molecular formula is C20H21N3O5. The van der Waals surface area contributed by atoms with Crippen molar-refractivity contribution in [3.05, 3.63) is 59.2 Å². The van der Waals surface area contributed by atoms with Gasteiger partial charge in [0.25, 0.3) is 17.7 Å². The molecule has 0 saturated heterocycles. The monoisotopic (exact) mass is 383 g/mol. The molecule has 0 saturated carbocycles. The number of hydrogen-bond acceptors (Lipinski definition) is 5.